The second-order valence-corrected chi connectivity index (χ2v) is 6.71. The summed E-state index contributed by atoms with van der Waals surface area (Å²) in [4.78, 5) is 0. The van der Waals surface area contributed by atoms with Crippen LogP contribution in [0, 0.1) is 35.5 Å². The molecule has 0 saturated heterocycles. The molecule has 2 nitrogen and oxygen atoms in total. The zero-order chi connectivity index (χ0) is 16.5. The average molecular weight is 312 g/mol. The molecule has 0 amide bonds. The molecule has 2 N–H and O–H groups in total. The number of aliphatic hydroxyl groups is 2. The first-order valence-corrected chi connectivity index (χ1v) is 8.16. The third kappa shape index (κ3) is 2.81. The Bertz CT molecular complexity index is 469. The fourth-order valence-electron chi connectivity index (χ4n) is 4.27. The molecule has 8 atom stereocenters. The lowest BCUT2D eigenvalue weighted by molar-refractivity contribution is 0.0357. The van der Waals surface area contributed by atoms with Crippen LogP contribution in [0.2, 0.25) is 0 Å². The maximum atomic E-state index is 15.0. The Morgan fingerprint density at radius 1 is 1.45 bits per heavy atom. The first kappa shape index (κ1) is 17.4. The summed E-state index contributed by atoms with van der Waals surface area (Å²) >= 11 is 0. The van der Waals surface area contributed by atoms with Gasteiger partial charge >= 0.3 is 0 Å². The van der Waals surface area contributed by atoms with E-state index in [1.54, 1.807) is 0 Å². The quantitative estimate of drug-likeness (QED) is 0.619. The number of alkyl halides is 2. The summed E-state index contributed by atoms with van der Waals surface area (Å²) in [6.07, 6.45) is -0.640. The number of hydrogen-bond acceptors (Lipinski definition) is 2. The summed E-state index contributed by atoms with van der Waals surface area (Å²) in [5, 5.41) is 20.4. The molecule has 4 heteroatoms. The maximum Gasteiger partial charge on any atom is 0.147 e. The largest absolute Gasteiger partial charge is 0.393 e. The van der Waals surface area contributed by atoms with E-state index in [1.807, 2.05) is 13.8 Å². The number of rotatable bonds is 4. The van der Waals surface area contributed by atoms with Crippen LogP contribution < -0.4 is 0 Å². The molecule has 0 spiro atoms. The minimum absolute atomic E-state index is 0.162. The van der Waals surface area contributed by atoms with Gasteiger partial charge in [-0.3, -0.25) is 0 Å². The van der Waals surface area contributed by atoms with Crippen molar-refractivity contribution >= 4 is 0 Å². The van der Waals surface area contributed by atoms with Gasteiger partial charge in [-0.15, -0.1) is 12.5 Å². The molecule has 2 aliphatic carbocycles. The Kier molecular flexibility index (Phi) is 5.29. The van der Waals surface area contributed by atoms with Crippen molar-refractivity contribution in [3.05, 3.63) is 12.7 Å². The van der Waals surface area contributed by atoms with Gasteiger partial charge in [0.2, 0.25) is 0 Å². The van der Waals surface area contributed by atoms with Crippen molar-refractivity contribution in [2.45, 2.75) is 63.6 Å². The van der Waals surface area contributed by atoms with Crippen LogP contribution in [0.15, 0.2) is 12.7 Å². The lowest BCUT2D eigenvalue weighted by Crippen LogP contribution is -2.38. The number of aliphatic hydroxyl groups excluding tert-OH is 2. The van der Waals surface area contributed by atoms with Gasteiger partial charge < -0.3 is 10.2 Å². The summed E-state index contributed by atoms with van der Waals surface area (Å²) in [5.41, 5.74) is -1.94. The third-order valence-electron chi connectivity index (χ3n) is 5.51. The highest BCUT2D eigenvalue weighted by Gasteiger charge is 2.63. The summed E-state index contributed by atoms with van der Waals surface area (Å²) in [6.45, 7) is 7.33. The third-order valence-corrected chi connectivity index (χ3v) is 5.51. The van der Waals surface area contributed by atoms with Crippen molar-refractivity contribution in [1.29, 1.82) is 0 Å². The monoisotopic (exact) mass is 312 g/mol. The molecule has 0 aliphatic heterocycles. The Morgan fingerprint density at radius 2 is 2.14 bits per heavy atom. The smallest absolute Gasteiger partial charge is 0.147 e. The summed E-state index contributed by atoms with van der Waals surface area (Å²) in [6, 6.07) is 0. The number of hydrogen-bond donors (Lipinski definition) is 2. The molecular weight excluding hydrogens is 286 g/mol. The molecule has 2 fully saturated rings. The fraction of sp³-hybridized carbons (Fsp3) is 0.778. The second-order valence-electron chi connectivity index (χ2n) is 6.71. The van der Waals surface area contributed by atoms with E-state index < -0.39 is 35.9 Å². The number of fused-ring (bicyclic) bond motifs is 1. The normalized spacial score (nSPS) is 41.2. The van der Waals surface area contributed by atoms with Gasteiger partial charge in [-0.1, -0.05) is 25.8 Å². The molecule has 6 unspecified atom stereocenters. The molecule has 124 valence electrons. The highest BCUT2D eigenvalue weighted by atomic mass is 19.2. The van der Waals surface area contributed by atoms with Gasteiger partial charge in [0.05, 0.1) is 12.2 Å². The molecule has 0 heterocycles. The van der Waals surface area contributed by atoms with Crippen LogP contribution in [0.25, 0.3) is 0 Å². The van der Waals surface area contributed by atoms with Crippen LogP contribution in [0.4, 0.5) is 8.78 Å². The van der Waals surface area contributed by atoms with Crippen molar-refractivity contribution in [3.63, 3.8) is 0 Å². The van der Waals surface area contributed by atoms with Gasteiger partial charge in [-0.2, -0.15) is 0 Å². The first-order valence-electron chi connectivity index (χ1n) is 8.16. The lowest BCUT2D eigenvalue weighted by Gasteiger charge is -2.33. The summed E-state index contributed by atoms with van der Waals surface area (Å²) < 4.78 is 28.9. The Balaban J connectivity index is 2.33. The average Bonchev–Trinajstić information content (AvgIpc) is 2.91. The molecular formula is C18H26F2O2. The van der Waals surface area contributed by atoms with Gasteiger partial charge in [0.15, 0.2) is 0 Å². The van der Waals surface area contributed by atoms with Crippen molar-refractivity contribution in [2.75, 3.05) is 0 Å². The van der Waals surface area contributed by atoms with Gasteiger partial charge in [-0.25, -0.2) is 8.78 Å². The van der Waals surface area contributed by atoms with Crippen molar-refractivity contribution in [1.82, 2.24) is 0 Å². The van der Waals surface area contributed by atoms with E-state index in [0.29, 0.717) is 12.8 Å². The molecule has 0 radical (unpaired) electrons. The Labute approximate surface area is 131 Å². The van der Waals surface area contributed by atoms with E-state index in [-0.39, 0.29) is 24.7 Å². The molecule has 0 bridgehead atoms. The SMILES string of the molecule is C=C[C@H](O)[C@@H](C)C(C#CCC)C1C(O)CC2(F)C(F)CCC12. The van der Waals surface area contributed by atoms with Gasteiger partial charge in [0.1, 0.15) is 11.8 Å². The van der Waals surface area contributed by atoms with Crippen molar-refractivity contribution in [3.8, 4) is 11.8 Å². The zero-order valence-corrected chi connectivity index (χ0v) is 13.3. The number of halogens is 2. The Morgan fingerprint density at radius 3 is 2.73 bits per heavy atom. The van der Waals surface area contributed by atoms with Crippen molar-refractivity contribution < 1.29 is 19.0 Å². The molecule has 2 aliphatic rings. The molecule has 0 aromatic carbocycles. The van der Waals surface area contributed by atoms with Gasteiger partial charge in [0, 0.05) is 30.6 Å². The van der Waals surface area contributed by atoms with Crippen LogP contribution in [0.3, 0.4) is 0 Å². The standard InChI is InChI=1S/C18H26F2O2/c1-4-6-7-12(11(3)14(21)5-2)17-13-8-9-16(19)18(13,20)10-15(17)22/h5,11-17,21-22H,2,4,8-10H2,1,3H3/t11-,12?,13?,14-,15?,16?,17?,18?/m0/s1. The van der Waals surface area contributed by atoms with Crippen LogP contribution in [0.1, 0.15) is 39.5 Å². The second kappa shape index (κ2) is 6.68. The van der Waals surface area contributed by atoms with Crippen molar-refractivity contribution in [2.24, 2.45) is 23.7 Å². The lowest BCUT2D eigenvalue weighted by atomic mass is 9.73. The molecule has 2 rings (SSSR count). The van der Waals surface area contributed by atoms with Gasteiger partial charge in [0.25, 0.3) is 0 Å². The van der Waals surface area contributed by atoms with E-state index in [1.165, 1.54) is 6.08 Å². The first-order chi connectivity index (χ1) is 10.4. The molecule has 0 aromatic heterocycles. The van der Waals surface area contributed by atoms with E-state index in [0.717, 1.165) is 0 Å². The van der Waals surface area contributed by atoms with Crippen LogP contribution >= 0.6 is 0 Å². The van der Waals surface area contributed by atoms with E-state index in [4.69, 9.17) is 0 Å². The van der Waals surface area contributed by atoms with Crippen LogP contribution in [-0.2, 0) is 0 Å². The minimum atomic E-state index is -1.94. The predicted octanol–water partition coefficient (Wildman–Crippen LogP) is 3.04. The van der Waals surface area contributed by atoms with E-state index >= 15 is 0 Å². The molecule has 0 aromatic rings. The molecule has 22 heavy (non-hydrogen) atoms. The maximum absolute atomic E-state index is 15.0. The van der Waals surface area contributed by atoms with E-state index in [2.05, 4.69) is 18.4 Å². The predicted molar refractivity (Wildman–Crippen MR) is 82.5 cm³/mol. The highest BCUT2D eigenvalue weighted by molar-refractivity contribution is 5.18. The summed E-state index contributed by atoms with van der Waals surface area (Å²) in [5.74, 6) is 4.48. The highest BCUT2D eigenvalue weighted by Crippen LogP contribution is 2.57. The molecule has 2 saturated carbocycles. The topological polar surface area (TPSA) is 40.5 Å². The minimum Gasteiger partial charge on any atom is -0.393 e. The zero-order valence-electron chi connectivity index (χ0n) is 13.3. The van der Waals surface area contributed by atoms with Crippen LogP contribution in [0.5, 0.6) is 0 Å². The van der Waals surface area contributed by atoms with E-state index in [9.17, 15) is 19.0 Å². The summed E-state index contributed by atoms with van der Waals surface area (Å²) in [7, 11) is 0. The Hall–Kier alpha value is -0.920. The van der Waals surface area contributed by atoms with Crippen LogP contribution in [-0.4, -0.2) is 34.3 Å². The fourth-order valence-corrected chi connectivity index (χ4v) is 4.27. The van der Waals surface area contributed by atoms with Gasteiger partial charge in [-0.05, 0) is 18.8 Å².